The van der Waals surface area contributed by atoms with Gasteiger partial charge in [0.05, 0.1) is 11.7 Å². The van der Waals surface area contributed by atoms with Crippen LogP contribution in [-0.2, 0) is 0 Å². The molecule has 1 unspecified atom stereocenters. The van der Waals surface area contributed by atoms with Gasteiger partial charge >= 0.3 is 0 Å². The molecule has 1 saturated heterocycles. The number of furan rings is 1. The maximum atomic E-state index is 12.7. The summed E-state index contributed by atoms with van der Waals surface area (Å²) >= 11 is 0. The van der Waals surface area contributed by atoms with Crippen LogP contribution in [0.2, 0.25) is 0 Å². The van der Waals surface area contributed by atoms with Crippen LogP contribution in [-0.4, -0.2) is 35.6 Å². The largest absolute Gasteiger partial charge is 0.465 e. The van der Waals surface area contributed by atoms with Crippen LogP contribution < -0.4 is 5.32 Å². The van der Waals surface area contributed by atoms with E-state index in [9.17, 15) is 4.79 Å². The fourth-order valence-electron chi connectivity index (χ4n) is 3.43. The minimum Gasteiger partial charge on any atom is -0.465 e. The number of nitrogens with zero attached hydrogens (tertiary/aromatic N) is 2. The summed E-state index contributed by atoms with van der Waals surface area (Å²) in [5, 5.41) is 7.03. The number of nitrogens with one attached hydrogen (secondary N) is 1. The second kappa shape index (κ2) is 7.44. The Morgan fingerprint density at radius 2 is 2.00 bits per heavy atom. The van der Waals surface area contributed by atoms with Gasteiger partial charge in [-0.05, 0) is 51.9 Å². The van der Waals surface area contributed by atoms with Gasteiger partial charge in [0.1, 0.15) is 17.1 Å². The van der Waals surface area contributed by atoms with Crippen molar-refractivity contribution in [3.63, 3.8) is 0 Å². The van der Waals surface area contributed by atoms with Gasteiger partial charge < -0.3 is 14.3 Å². The molecule has 1 N–H and O–H groups in total. The molecule has 25 heavy (non-hydrogen) atoms. The lowest BCUT2D eigenvalue weighted by Gasteiger charge is -2.26. The molecule has 3 rings (SSSR count). The molecule has 1 aliphatic heterocycles. The maximum Gasteiger partial charge on any atom is 0.256 e. The minimum atomic E-state index is -0.130. The second-order valence-corrected chi connectivity index (χ2v) is 7.08. The molecule has 3 heterocycles. The topological polar surface area (TPSA) is 71.5 Å². The molecule has 1 amide bonds. The average Bonchev–Trinajstić information content (AvgIpc) is 3.29. The number of rotatable bonds is 6. The Morgan fingerprint density at radius 3 is 2.60 bits per heavy atom. The van der Waals surface area contributed by atoms with Gasteiger partial charge in [0, 0.05) is 12.5 Å². The Kier molecular flexibility index (Phi) is 5.27. The molecule has 6 heteroatoms. The molecule has 6 nitrogen and oxygen atoms in total. The number of hydrogen-bond donors (Lipinski definition) is 1. The normalized spacial score (nSPS) is 16.5. The van der Waals surface area contributed by atoms with Crippen molar-refractivity contribution >= 4 is 5.91 Å². The Bertz CT molecular complexity index is 726. The number of amides is 1. The fourth-order valence-corrected chi connectivity index (χ4v) is 3.43. The van der Waals surface area contributed by atoms with E-state index in [0.29, 0.717) is 23.6 Å². The molecule has 136 valence electrons. The van der Waals surface area contributed by atoms with Gasteiger partial charge in [-0.2, -0.15) is 0 Å². The SMILES string of the molecule is Cc1ccc(C(CNC(=O)c2c(C)noc2C(C)C)N2CCCC2)o1. The average molecular weight is 345 g/mol. The van der Waals surface area contributed by atoms with Gasteiger partial charge in [0.2, 0.25) is 0 Å². The molecular formula is C19H27N3O3. The molecule has 0 aliphatic carbocycles. The molecule has 0 saturated carbocycles. The maximum absolute atomic E-state index is 12.7. The third-order valence-electron chi connectivity index (χ3n) is 4.77. The molecule has 0 bridgehead atoms. The van der Waals surface area contributed by atoms with Crippen LogP contribution in [0.15, 0.2) is 21.1 Å². The molecule has 0 radical (unpaired) electrons. The van der Waals surface area contributed by atoms with Crippen molar-refractivity contribution in [3.8, 4) is 0 Å². The van der Waals surface area contributed by atoms with Crippen molar-refractivity contribution in [3.05, 3.63) is 40.7 Å². The van der Waals surface area contributed by atoms with Crippen LogP contribution >= 0.6 is 0 Å². The Morgan fingerprint density at radius 1 is 1.28 bits per heavy atom. The van der Waals surface area contributed by atoms with E-state index in [1.165, 1.54) is 12.8 Å². The first-order valence-corrected chi connectivity index (χ1v) is 9.02. The van der Waals surface area contributed by atoms with Crippen LogP contribution in [0.4, 0.5) is 0 Å². The molecule has 1 fully saturated rings. The monoisotopic (exact) mass is 345 g/mol. The van der Waals surface area contributed by atoms with Crippen LogP contribution in [0.1, 0.15) is 72.0 Å². The van der Waals surface area contributed by atoms with E-state index < -0.39 is 0 Å². The summed E-state index contributed by atoms with van der Waals surface area (Å²) < 4.78 is 11.2. The summed E-state index contributed by atoms with van der Waals surface area (Å²) in [6.07, 6.45) is 2.37. The highest BCUT2D eigenvalue weighted by Gasteiger charge is 2.28. The van der Waals surface area contributed by atoms with E-state index in [1.807, 2.05) is 32.9 Å². The zero-order valence-electron chi connectivity index (χ0n) is 15.5. The minimum absolute atomic E-state index is 0.0582. The Labute approximate surface area is 148 Å². The number of hydrogen-bond acceptors (Lipinski definition) is 5. The summed E-state index contributed by atoms with van der Waals surface area (Å²) in [6, 6.07) is 4.04. The van der Waals surface area contributed by atoms with Crippen molar-refractivity contribution in [2.24, 2.45) is 0 Å². The number of aromatic nitrogens is 1. The molecule has 2 aromatic rings. The lowest BCUT2D eigenvalue weighted by Crippen LogP contribution is -2.37. The molecular weight excluding hydrogens is 318 g/mol. The zero-order valence-corrected chi connectivity index (χ0v) is 15.5. The molecule has 1 aliphatic rings. The number of carbonyl (C=O) groups excluding carboxylic acids is 1. The van der Waals surface area contributed by atoms with Crippen LogP contribution in [0.25, 0.3) is 0 Å². The summed E-state index contributed by atoms with van der Waals surface area (Å²) in [5.41, 5.74) is 1.19. The molecule has 0 spiro atoms. The van der Waals surface area contributed by atoms with E-state index in [2.05, 4.69) is 15.4 Å². The van der Waals surface area contributed by atoms with E-state index in [1.54, 1.807) is 6.92 Å². The Balaban J connectivity index is 1.75. The van der Waals surface area contributed by atoms with Crippen LogP contribution in [0.3, 0.4) is 0 Å². The van der Waals surface area contributed by atoms with E-state index in [4.69, 9.17) is 8.94 Å². The van der Waals surface area contributed by atoms with Crippen molar-refractivity contribution in [2.75, 3.05) is 19.6 Å². The number of likely N-dealkylation sites (tertiary alicyclic amines) is 1. The summed E-state index contributed by atoms with van der Waals surface area (Å²) in [4.78, 5) is 15.1. The predicted octanol–water partition coefficient (Wildman–Crippen LogP) is 3.57. The van der Waals surface area contributed by atoms with Crippen molar-refractivity contribution in [1.82, 2.24) is 15.4 Å². The highest BCUT2D eigenvalue weighted by Crippen LogP contribution is 2.27. The first-order chi connectivity index (χ1) is 12.0. The van der Waals surface area contributed by atoms with Crippen LogP contribution in [0.5, 0.6) is 0 Å². The van der Waals surface area contributed by atoms with Gasteiger partial charge in [-0.3, -0.25) is 9.69 Å². The molecule has 2 aromatic heterocycles. The third-order valence-corrected chi connectivity index (χ3v) is 4.77. The van der Waals surface area contributed by atoms with Gasteiger partial charge in [0.25, 0.3) is 5.91 Å². The lowest BCUT2D eigenvalue weighted by molar-refractivity contribution is 0.0930. The lowest BCUT2D eigenvalue weighted by atomic mass is 10.0. The van der Waals surface area contributed by atoms with Gasteiger partial charge in [-0.15, -0.1) is 0 Å². The van der Waals surface area contributed by atoms with E-state index >= 15 is 0 Å². The van der Waals surface area contributed by atoms with Crippen LogP contribution in [0, 0.1) is 13.8 Å². The zero-order chi connectivity index (χ0) is 18.0. The van der Waals surface area contributed by atoms with E-state index in [0.717, 1.165) is 24.6 Å². The first kappa shape index (κ1) is 17.7. The second-order valence-electron chi connectivity index (χ2n) is 7.08. The number of aryl methyl sites for hydroxylation is 2. The van der Waals surface area contributed by atoms with Crippen molar-refractivity contribution < 1.29 is 13.7 Å². The van der Waals surface area contributed by atoms with E-state index in [-0.39, 0.29) is 17.9 Å². The molecule has 1 atom stereocenters. The summed E-state index contributed by atoms with van der Waals surface area (Å²) in [5.74, 6) is 2.42. The highest BCUT2D eigenvalue weighted by atomic mass is 16.5. The highest BCUT2D eigenvalue weighted by molar-refractivity contribution is 5.96. The third kappa shape index (κ3) is 3.79. The van der Waals surface area contributed by atoms with Crippen molar-refractivity contribution in [2.45, 2.75) is 52.5 Å². The standard InChI is InChI=1S/C19H27N3O3/c1-12(2)18-17(14(4)21-25-18)19(23)20-11-15(22-9-5-6-10-22)16-8-7-13(3)24-16/h7-8,12,15H,5-6,9-11H2,1-4H3,(H,20,23). The number of carbonyl (C=O) groups is 1. The predicted molar refractivity (Wildman–Crippen MR) is 94.7 cm³/mol. The Hall–Kier alpha value is -2.08. The quantitative estimate of drug-likeness (QED) is 0.866. The first-order valence-electron chi connectivity index (χ1n) is 9.02. The van der Waals surface area contributed by atoms with Gasteiger partial charge in [0.15, 0.2) is 5.76 Å². The summed E-state index contributed by atoms with van der Waals surface area (Å²) in [6.45, 7) is 10.3. The van der Waals surface area contributed by atoms with Gasteiger partial charge in [-0.1, -0.05) is 19.0 Å². The smallest absolute Gasteiger partial charge is 0.256 e. The molecule has 0 aromatic carbocycles. The van der Waals surface area contributed by atoms with Gasteiger partial charge in [-0.25, -0.2) is 0 Å². The van der Waals surface area contributed by atoms with Crippen molar-refractivity contribution in [1.29, 1.82) is 0 Å². The fraction of sp³-hybridized carbons (Fsp3) is 0.579. The summed E-state index contributed by atoms with van der Waals surface area (Å²) in [7, 11) is 0.